The monoisotopic (exact) mass is 343 g/mol. The Hall–Kier alpha value is -1.07. The van der Waals surface area contributed by atoms with Crippen LogP contribution in [-0.2, 0) is 16.6 Å². The summed E-state index contributed by atoms with van der Waals surface area (Å²) in [6.07, 6.45) is 0. The van der Waals surface area contributed by atoms with E-state index in [1.54, 1.807) is 42.5 Å². The van der Waals surface area contributed by atoms with Crippen LogP contribution in [0.5, 0.6) is 0 Å². The van der Waals surface area contributed by atoms with Gasteiger partial charge < -0.3 is 0 Å². The first kappa shape index (κ1) is 16.3. The van der Waals surface area contributed by atoms with Gasteiger partial charge in [0.05, 0.1) is 14.9 Å². The summed E-state index contributed by atoms with van der Waals surface area (Å²) in [5.74, 6) is 0. The van der Waals surface area contributed by atoms with Gasteiger partial charge in [-0.25, -0.2) is 8.42 Å². The zero-order valence-corrected chi connectivity index (χ0v) is 14.0. The smallest absolute Gasteiger partial charge is 0.207 e. The van der Waals surface area contributed by atoms with Gasteiger partial charge in [0.15, 0.2) is 0 Å². The fourth-order valence-corrected chi connectivity index (χ4v) is 3.35. The summed E-state index contributed by atoms with van der Waals surface area (Å²) in [5.41, 5.74) is 1.80. The van der Waals surface area contributed by atoms with Crippen molar-refractivity contribution in [1.29, 1.82) is 0 Å². The van der Waals surface area contributed by atoms with Crippen LogP contribution in [-0.4, -0.2) is 19.8 Å². The fraction of sp³-hybridized carbons (Fsp3) is 0.200. The highest BCUT2D eigenvalue weighted by Crippen LogP contribution is 2.24. The van der Waals surface area contributed by atoms with Crippen molar-refractivity contribution in [3.63, 3.8) is 0 Å². The van der Waals surface area contributed by atoms with Gasteiger partial charge in [-0.2, -0.15) is 4.31 Å². The number of hydrogen-bond donors (Lipinski definition) is 0. The zero-order valence-electron chi connectivity index (χ0n) is 11.7. The van der Waals surface area contributed by atoms with Crippen LogP contribution in [0.1, 0.15) is 11.1 Å². The van der Waals surface area contributed by atoms with E-state index in [4.69, 9.17) is 23.2 Å². The van der Waals surface area contributed by atoms with Crippen molar-refractivity contribution in [2.75, 3.05) is 7.05 Å². The molecule has 0 radical (unpaired) electrons. The van der Waals surface area contributed by atoms with Crippen LogP contribution in [0, 0.1) is 6.92 Å². The molecule has 0 N–H and O–H groups in total. The molecule has 0 amide bonds. The van der Waals surface area contributed by atoms with Crippen molar-refractivity contribution < 1.29 is 8.42 Å². The Kier molecular flexibility index (Phi) is 4.94. The second-order valence-corrected chi connectivity index (χ2v) is 7.68. The molecule has 0 saturated carbocycles. The van der Waals surface area contributed by atoms with E-state index in [0.29, 0.717) is 10.0 Å². The van der Waals surface area contributed by atoms with Crippen LogP contribution in [0.3, 0.4) is 0 Å². The third kappa shape index (κ3) is 3.77. The third-order valence-electron chi connectivity index (χ3n) is 3.12. The predicted molar refractivity (Wildman–Crippen MR) is 86.3 cm³/mol. The van der Waals surface area contributed by atoms with E-state index in [-0.39, 0.29) is 11.4 Å². The van der Waals surface area contributed by atoms with Crippen molar-refractivity contribution in [2.45, 2.75) is 18.4 Å². The average Bonchev–Trinajstić information content (AvgIpc) is 2.43. The molecule has 0 aliphatic carbocycles. The molecule has 0 unspecified atom stereocenters. The summed E-state index contributed by atoms with van der Waals surface area (Å²) < 4.78 is 26.2. The van der Waals surface area contributed by atoms with Crippen LogP contribution < -0.4 is 0 Å². The van der Waals surface area contributed by atoms with Gasteiger partial charge in [-0.15, -0.1) is 0 Å². The second-order valence-electron chi connectivity index (χ2n) is 4.82. The Labute approximate surface area is 135 Å². The maximum Gasteiger partial charge on any atom is 0.243 e. The summed E-state index contributed by atoms with van der Waals surface area (Å²) in [7, 11) is -1.98. The van der Waals surface area contributed by atoms with E-state index in [2.05, 4.69) is 0 Å². The molecular weight excluding hydrogens is 329 g/mol. The first-order valence-electron chi connectivity index (χ1n) is 6.27. The van der Waals surface area contributed by atoms with Gasteiger partial charge in [-0.3, -0.25) is 0 Å². The first-order valence-corrected chi connectivity index (χ1v) is 8.47. The largest absolute Gasteiger partial charge is 0.243 e. The van der Waals surface area contributed by atoms with Crippen molar-refractivity contribution in [3.8, 4) is 0 Å². The number of nitrogens with zero attached hydrogens (tertiary/aromatic N) is 1. The van der Waals surface area contributed by atoms with Crippen LogP contribution in [0.2, 0.25) is 10.0 Å². The number of rotatable bonds is 4. The predicted octanol–water partition coefficient (Wildman–Crippen LogP) is 4.12. The van der Waals surface area contributed by atoms with Crippen molar-refractivity contribution in [2.24, 2.45) is 0 Å². The van der Waals surface area contributed by atoms with Gasteiger partial charge in [0.1, 0.15) is 0 Å². The van der Waals surface area contributed by atoms with Crippen LogP contribution in [0.4, 0.5) is 0 Å². The quantitative estimate of drug-likeness (QED) is 0.837. The highest BCUT2D eigenvalue weighted by Gasteiger charge is 2.20. The van der Waals surface area contributed by atoms with Gasteiger partial charge >= 0.3 is 0 Å². The Morgan fingerprint density at radius 2 is 1.62 bits per heavy atom. The standard InChI is InChI=1S/C15H15Cl2NO2S/c1-11-3-6-13(7-4-11)21(19,20)18(2)10-12-5-8-14(16)15(17)9-12/h3-9H,10H2,1-2H3. The summed E-state index contributed by atoms with van der Waals surface area (Å²) in [6.45, 7) is 2.14. The molecule has 2 aromatic carbocycles. The van der Waals surface area contributed by atoms with Gasteiger partial charge in [0, 0.05) is 13.6 Å². The minimum absolute atomic E-state index is 0.229. The lowest BCUT2D eigenvalue weighted by Crippen LogP contribution is -2.26. The SMILES string of the molecule is Cc1ccc(S(=O)(=O)N(C)Cc2ccc(Cl)c(Cl)c2)cc1. The lowest BCUT2D eigenvalue weighted by Gasteiger charge is -2.17. The maximum absolute atomic E-state index is 12.5. The maximum atomic E-state index is 12.5. The molecule has 0 spiro atoms. The van der Waals surface area contributed by atoms with Crippen molar-refractivity contribution >= 4 is 33.2 Å². The topological polar surface area (TPSA) is 37.4 Å². The lowest BCUT2D eigenvalue weighted by atomic mass is 10.2. The Morgan fingerprint density at radius 3 is 2.19 bits per heavy atom. The van der Waals surface area contributed by atoms with Crippen LogP contribution in [0.15, 0.2) is 47.4 Å². The first-order chi connectivity index (χ1) is 9.80. The molecule has 3 nitrogen and oxygen atoms in total. The summed E-state index contributed by atoms with van der Waals surface area (Å²) in [6, 6.07) is 11.9. The molecule has 21 heavy (non-hydrogen) atoms. The molecule has 0 fully saturated rings. The van der Waals surface area contributed by atoms with E-state index in [0.717, 1.165) is 11.1 Å². The normalized spacial score (nSPS) is 11.9. The second kappa shape index (κ2) is 6.36. The lowest BCUT2D eigenvalue weighted by molar-refractivity contribution is 0.467. The van der Waals surface area contributed by atoms with E-state index in [9.17, 15) is 8.42 Å². The van der Waals surface area contributed by atoms with Gasteiger partial charge in [0.25, 0.3) is 0 Å². The molecule has 0 bridgehead atoms. The molecule has 6 heteroatoms. The fourth-order valence-electron chi connectivity index (χ4n) is 1.87. The van der Waals surface area contributed by atoms with Gasteiger partial charge in [0.2, 0.25) is 10.0 Å². The Bertz CT molecular complexity index is 743. The number of benzene rings is 2. The zero-order chi connectivity index (χ0) is 15.6. The number of sulfonamides is 1. The molecule has 0 heterocycles. The molecule has 2 aromatic rings. The van der Waals surface area contributed by atoms with Crippen LogP contribution >= 0.6 is 23.2 Å². The molecule has 0 aliphatic rings. The molecule has 0 atom stereocenters. The molecule has 2 rings (SSSR count). The highest BCUT2D eigenvalue weighted by molar-refractivity contribution is 7.89. The number of hydrogen-bond acceptors (Lipinski definition) is 2. The molecular formula is C15H15Cl2NO2S. The van der Waals surface area contributed by atoms with E-state index < -0.39 is 10.0 Å². The summed E-state index contributed by atoms with van der Waals surface area (Å²) in [5, 5.41) is 0.861. The minimum atomic E-state index is -3.52. The molecule has 0 saturated heterocycles. The van der Waals surface area contributed by atoms with E-state index in [1.165, 1.54) is 11.4 Å². The average molecular weight is 344 g/mol. The van der Waals surface area contributed by atoms with Gasteiger partial charge in [-0.1, -0.05) is 47.0 Å². The van der Waals surface area contributed by atoms with E-state index >= 15 is 0 Å². The number of aryl methyl sites for hydroxylation is 1. The van der Waals surface area contributed by atoms with Crippen molar-refractivity contribution in [3.05, 3.63) is 63.6 Å². The highest BCUT2D eigenvalue weighted by atomic mass is 35.5. The Balaban J connectivity index is 2.24. The molecule has 0 aliphatic heterocycles. The number of halogens is 2. The summed E-state index contributed by atoms with van der Waals surface area (Å²) in [4.78, 5) is 0.274. The third-order valence-corrected chi connectivity index (χ3v) is 5.68. The van der Waals surface area contributed by atoms with Gasteiger partial charge in [-0.05, 0) is 36.8 Å². The minimum Gasteiger partial charge on any atom is -0.207 e. The van der Waals surface area contributed by atoms with Crippen LogP contribution in [0.25, 0.3) is 0 Å². The van der Waals surface area contributed by atoms with E-state index in [1.807, 2.05) is 6.92 Å². The van der Waals surface area contributed by atoms with Crippen molar-refractivity contribution in [1.82, 2.24) is 4.31 Å². The molecule has 0 aromatic heterocycles. The Morgan fingerprint density at radius 1 is 1.00 bits per heavy atom. The summed E-state index contributed by atoms with van der Waals surface area (Å²) >= 11 is 11.8. The molecule has 112 valence electrons.